The van der Waals surface area contributed by atoms with Gasteiger partial charge >= 0.3 is 0 Å². The predicted octanol–water partition coefficient (Wildman–Crippen LogP) is 4.57. The minimum atomic E-state index is 0.344. The maximum Gasteiger partial charge on any atom is 0.211 e. The number of rotatable bonds is 13. The smallest absolute Gasteiger partial charge is 0.211 e. The van der Waals surface area contributed by atoms with E-state index in [2.05, 4.69) is 0 Å². The minimum Gasteiger partial charge on any atom is -0.491 e. The van der Waals surface area contributed by atoms with E-state index in [1.54, 1.807) is 0 Å². The Bertz CT molecular complexity index is 851. The molecule has 2 aromatic rings. The van der Waals surface area contributed by atoms with Crippen molar-refractivity contribution in [3.8, 4) is 57.5 Å². The first-order valence-electron chi connectivity index (χ1n) is 9.70. The third-order valence-corrected chi connectivity index (χ3v) is 7.13. The highest BCUT2D eigenvalue weighted by molar-refractivity contribution is 8.76. The van der Waals surface area contributed by atoms with Gasteiger partial charge in [0.05, 0.1) is 71.1 Å². The summed E-state index contributed by atoms with van der Waals surface area (Å²) >= 11 is 0. The Morgan fingerprint density at radius 2 is 0.412 bits per heavy atom. The summed E-state index contributed by atoms with van der Waals surface area (Å²) in [6.07, 6.45) is 0. The van der Waals surface area contributed by atoms with Crippen molar-refractivity contribution in [3.63, 3.8) is 0 Å². The van der Waals surface area contributed by atoms with Crippen molar-refractivity contribution in [2.24, 2.45) is 0 Å². The number of hydrogen-bond donors (Lipinski definition) is 0. The van der Waals surface area contributed by atoms with Crippen LogP contribution in [0.1, 0.15) is 0 Å². The van der Waals surface area contributed by atoms with Crippen LogP contribution < -0.4 is 47.4 Å². The molecule has 10 nitrogen and oxygen atoms in total. The molecule has 190 valence electrons. The van der Waals surface area contributed by atoms with Crippen molar-refractivity contribution in [2.75, 3.05) is 71.1 Å². The van der Waals surface area contributed by atoms with Gasteiger partial charge in [-0.2, -0.15) is 0 Å². The van der Waals surface area contributed by atoms with Crippen molar-refractivity contribution in [1.29, 1.82) is 0 Å². The summed E-state index contributed by atoms with van der Waals surface area (Å²) in [6.45, 7) is 0. The van der Waals surface area contributed by atoms with E-state index in [0.29, 0.717) is 67.3 Å². The van der Waals surface area contributed by atoms with Gasteiger partial charge in [-0.1, -0.05) is 0 Å². The van der Waals surface area contributed by atoms with Crippen LogP contribution in [-0.4, -0.2) is 71.1 Å². The lowest BCUT2D eigenvalue weighted by Crippen LogP contribution is -2.03. The molecule has 0 unspecified atom stereocenters. The first-order chi connectivity index (χ1) is 16.5. The van der Waals surface area contributed by atoms with Gasteiger partial charge in [-0.3, -0.25) is 0 Å². The van der Waals surface area contributed by atoms with Crippen LogP contribution in [0.3, 0.4) is 0 Å². The van der Waals surface area contributed by atoms with E-state index in [9.17, 15) is 0 Å². The molecule has 2 aromatic carbocycles. The van der Waals surface area contributed by atoms with E-state index in [4.69, 9.17) is 47.4 Å². The molecule has 12 heteroatoms. The molecule has 0 aliphatic carbocycles. The van der Waals surface area contributed by atoms with Gasteiger partial charge in [-0.15, -0.1) is 0 Å². The number of ether oxygens (including phenoxy) is 10. The van der Waals surface area contributed by atoms with Crippen molar-refractivity contribution in [1.82, 2.24) is 0 Å². The standard InChI is InChI=1S/C22H30O10S2/c1-23-11-13(25-3)17(29-7)21(18(30-8)14(11)26-4)33-34-22-19(31-9)15(27-5)12(24-2)16(28-6)20(22)32-10/h1-10H3. The number of methoxy groups -OCH3 is 10. The number of hydrogen-bond acceptors (Lipinski definition) is 12. The lowest BCUT2D eigenvalue weighted by atomic mass is 10.2. The molecular weight excluding hydrogens is 488 g/mol. The molecule has 0 aliphatic rings. The number of benzene rings is 2. The van der Waals surface area contributed by atoms with Gasteiger partial charge in [0.2, 0.25) is 34.5 Å². The molecule has 0 aliphatic heterocycles. The van der Waals surface area contributed by atoms with Crippen LogP contribution in [0.2, 0.25) is 0 Å². The Kier molecular flexibility index (Phi) is 10.1. The van der Waals surface area contributed by atoms with Crippen LogP contribution in [0.4, 0.5) is 0 Å². The van der Waals surface area contributed by atoms with Crippen LogP contribution >= 0.6 is 21.6 Å². The Labute approximate surface area is 207 Å². The summed E-state index contributed by atoms with van der Waals surface area (Å²) < 4.78 is 56.0. The summed E-state index contributed by atoms with van der Waals surface area (Å²) in [5.74, 6) is 3.72. The lowest BCUT2D eigenvalue weighted by molar-refractivity contribution is 0.282. The molecule has 0 aromatic heterocycles. The van der Waals surface area contributed by atoms with Gasteiger partial charge < -0.3 is 47.4 Å². The quantitative estimate of drug-likeness (QED) is 0.348. The van der Waals surface area contributed by atoms with E-state index in [1.807, 2.05) is 0 Å². The van der Waals surface area contributed by atoms with Crippen molar-refractivity contribution < 1.29 is 47.4 Å². The Balaban J connectivity index is 2.78. The first-order valence-corrected chi connectivity index (χ1v) is 11.8. The third-order valence-electron chi connectivity index (χ3n) is 4.72. The second-order valence-electron chi connectivity index (χ2n) is 6.16. The van der Waals surface area contributed by atoms with Crippen LogP contribution in [-0.2, 0) is 0 Å². The van der Waals surface area contributed by atoms with Gasteiger partial charge in [0, 0.05) is 0 Å². The third kappa shape index (κ3) is 4.69. The van der Waals surface area contributed by atoms with Crippen LogP contribution in [0, 0.1) is 0 Å². The zero-order valence-electron chi connectivity index (χ0n) is 20.9. The second-order valence-corrected chi connectivity index (χ2v) is 8.31. The molecule has 0 bridgehead atoms. The van der Waals surface area contributed by atoms with E-state index >= 15 is 0 Å². The van der Waals surface area contributed by atoms with Gasteiger partial charge in [0.15, 0.2) is 23.0 Å². The Morgan fingerprint density at radius 1 is 0.265 bits per heavy atom. The maximum atomic E-state index is 5.67. The molecular formula is C22H30O10S2. The zero-order valence-corrected chi connectivity index (χ0v) is 22.5. The van der Waals surface area contributed by atoms with Gasteiger partial charge in [0.25, 0.3) is 0 Å². The average Bonchev–Trinajstić information content (AvgIpc) is 2.88. The van der Waals surface area contributed by atoms with E-state index in [-0.39, 0.29) is 0 Å². The van der Waals surface area contributed by atoms with E-state index < -0.39 is 0 Å². The maximum absolute atomic E-state index is 5.67. The van der Waals surface area contributed by atoms with Crippen molar-refractivity contribution in [2.45, 2.75) is 9.79 Å². The Morgan fingerprint density at radius 3 is 0.559 bits per heavy atom. The second kappa shape index (κ2) is 12.6. The molecule has 0 amide bonds. The summed E-state index contributed by atoms with van der Waals surface area (Å²) in [6, 6.07) is 0. The lowest BCUT2D eigenvalue weighted by Gasteiger charge is -2.23. The highest BCUT2D eigenvalue weighted by Gasteiger charge is 2.32. The van der Waals surface area contributed by atoms with Gasteiger partial charge in [-0.25, -0.2) is 0 Å². The van der Waals surface area contributed by atoms with E-state index in [1.165, 1.54) is 92.7 Å². The molecule has 0 saturated heterocycles. The van der Waals surface area contributed by atoms with Crippen LogP contribution in [0.5, 0.6) is 57.5 Å². The fourth-order valence-corrected chi connectivity index (χ4v) is 5.91. The molecule has 0 fully saturated rings. The highest BCUT2D eigenvalue weighted by Crippen LogP contribution is 2.63. The topological polar surface area (TPSA) is 92.3 Å². The fourth-order valence-electron chi connectivity index (χ4n) is 3.33. The summed E-state index contributed by atoms with van der Waals surface area (Å²) in [5.41, 5.74) is 0. The average molecular weight is 519 g/mol. The molecule has 0 saturated carbocycles. The molecule has 34 heavy (non-hydrogen) atoms. The highest BCUT2D eigenvalue weighted by atomic mass is 33.1. The predicted molar refractivity (Wildman–Crippen MR) is 130 cm³/mol. The zero-order chi connectivity index (χ0) is 25.4. The summed E-state index contributed by atoms with van der Waals surface area (Å²) in [5, 5.41) is 0. The summed E-state index contributed by atoms with van der Waals surface area (Å²) in [7, 11) is 17.8. The minimum absolute atomic E-state index is 0.344. The SMILES string of the molecule is COc1c(OC)c(OC)c(SSc2c(OC)c(OC)c(OC)c(OC)c2OC)c(OC)c1OC. The van der Waals surface area contributed by atoms with E-state index in [0.717, 1.165) is 0 Å². The molecule has 0 atom stereocenters. The van der Waals surface area contributed by atoms with Crippen molar-refractivity contribution in [3.05, 3.63) is 0 Å². The monoisotopic (exact) mass is 518 g/mol. The first kappa shape index (κ1) is 27.4. The molecule has 0 radical (unpaired) electrons. The largest absolute Gasteiger partial charge is 0.491 e. The van der Waals surface area contributed by atoms with Gasteiger partial charge in [-0.05, 0) is 21.6 Å². The van der Waals surface area contributed by atoms with Crippen LogP contribution in [0.25, 0.3) is 0 Å². The molecule has 2 rings (SSSR count). The normalized spacial score (nSPS) is 10.3. The van der Waals surface area contributed by atoms with Crippen LogP contribution in [0.15, 0.2) is 9.79 Å². The Hall–Kier alpha value is -2.86. The molecule has 0 N–H and O–H groups in total. The van der Waals surface area contributed by atoms with Crippen molar-refractivity contribution >= 4 is 21.6 Å². The molecule has 0 spiro atoms. The fraction of sp³-hybridized carbons (Fsp3) is 0.455. The molecule has 0 heterocycles. The summed E-state index contributed by atoms with van der Waals surface area (Å²) in [4.78, 5) is 1.17. The van der Waals surface area contributed by atoms with Gasteiger partial charge in [0.1, 0.15) is 9.79 Å².